The molecular weight excluding hydrogens is 230 g/mol. The highest BCUT2D eigenvalue weighted by Gasteiger charge is 2.34. The molecule has 0 saturated heterocycles. The van der Waals surface area contributed by atoms with Gasteiger partial charge in [-0.2, -0.15) is 0 Å². The third kappa shape index (κ3) is 2.53. The van der Waals surface area contributed by atoms with Crippen molar-refractivity contribution in [3.05, 3.63) is 35.4 Å². The monoisotopic (exact) mass is 247 g/mol. The summed E-state index contributed by atoms with van der Waals surface area (Å²) in [5.74, 6) is -0.0369. The lowest BCUT2D eigenvalue weighted by atomic mass is 10.1. The molecule has 4 nitrogen and oxygen atoms in total. The summed E-state index contributed by atoms with van der Waals surface area (Å²) in [6, 6.07) is 6.35. The lowest BCUT2D eigenvalue weighted by molar-refractivity contribution is 0.0680. The summed E-state index contributed by atoms with van der Waals surface area (Å²) in [6.07, 6.45) is 1.15. The molecule has 1 aromatic rings. The van der Waals surface area contributed by atoms with Gasteiger partial charge in [0.1, 0.15) is 0 Å². The standard InChI is InChI=1S/C14H17NO3/c1-9-7-10(9)8-15(2)13(16)11-5-3-4-6-12(11)14(17)18/h3-6,9-10H,7-8H2,1-2H3,(H,17,18). The van der Waals surface area contributed by atoms with E-state index in [0.29, 0.717) is 18.4 Å². The average molecular weight is 247 g/mol. The summed E-state index contributed by atoms with van der Waals surface area (Å²) in [7, 11) is 1.73. The smallest absolute Gasteiger partial charge is 0.336 e. The molecule has 0 aliphatic heterocycles. The lowest BCUT2D eigenvalue weighted by Gasteiger charge is -2.18. The Morgan fingerprint density at radius 1 is 1.33 bits per heavy atom. The van der Waals surface area contributed by atoms with Crippen molar-refractivity contribution in [3.63, 3.8) is 0 Å². The fourth-order valence-corrected chi connectivity index (χ4v) is 2.15. The van der Waals surface area contributed by atoms with Crippen molar-refractivity contribution < 1.29 is 14.7 Å². The van der Waals surface area contributed by atoms with E-state index in [9.17, 15) is 9.59 Å². The zero-order valence-corrected chi connectivity index (χ0v) is 10.6. The van der Waals surface area contributed by atoms with E-state index in [0.717, 1.165) is 6.42 Å². The van der Waals surface area contributed by atoms with Gasteiger partial charge in [-0.15, -0.1) is 0 Å². The van der Waals surface area contributed by atoms with Crippen LogP contribution in [0.1, 0.15) is 34.1 Å². The van der Waals surface area contributed by atoms with Gasteiger partial charge < -0.3 is 10.0 Å². The predicted octanol–water partition coefficient (Wildman–Crippen LogP) is 2.11. The van der Waals surface area contributed by atoms with Crippen molar-refractivity contribution in [2.75, 3.05) is 13.6 Å². The minimum atomic E-state index is -1.06. The quantitative estimate of drug-likeness (QED) is 0.886. The number of nitrogens with zero attached hydrogens (tertiary/aromatic N) is 1. The Kier molecular flexibility index (Phi) is 3.36. The molecule has 2 rings (SSSR count). The molecule has 18 heavy (non-hydrogen) atoms. The zero-order chi connectivity index (χ0) is 13.3. The molecule has 1 aromatic carbocycles. The van der Waals surface area contributed by atoms with E-state index in [1.807, 2.05) is 0 Å². The van der Waals surface area contributed by atoms with Crippen LogP contribution in [0.5, 0.6) is 0 Å². The third-order valence-corrected chi connectivity index (χ3v) is 3.52. The van der Waals surface area contributed by atoms with Crippen molar-refractivity contribution in [2.24, 2.45) is 11.8 Å². The largest absolute Gasteiger partial charge is 0.478 e. The summed E-state index contributed by atoms with van der Waals surface area (Å²) >= 11 is 0. The Balaban J connectivity index is 2.15. The van der Waals surface area contributed by atoms with Crippen LogP contribution in [0, 0.1) is 11.8 Å². The molecule has 1 amide bonds. The topological polar surface area (TPSA) is 57.6 Å². The second-order valence-corrected chi connectivity index (χ2v) is 5.01. The van der Waals surface area contributed by atoms with E-state index < -0.39 is 5.97 Å². The number of amides is 1. The summed E-state index contributed by atoms with van der Waals surface area (Å²) in [6.45, 7) is 2.86. The first-order valence-corrected chi connectivity index (χ1v) is 6.08. The maximum atomic E-state index is 12.2. The van der Waals surface area contributed by atoms with Gasteiger partial charge in [0.15, 0.2) is 0 Å². The SMILES string of the molecule is CC1CC1CN(C)C(=O)c1ccccc1C(=O)O. The first-order chi connectivity index (χ1) is 8.50. The first-order valence-electron chi connectivity index (χ1n) is 6.08. The summed E-state index contributed by atoms with van der Waals surface area (Å²) in [5, 5.41) is 9.06. The fraction of sp³-hybridized carbons (Fsp3) is 0.429. The van der Waals surface area contributed by atoms with Gasteiger partial charge in [-0.05, 0) is 30.4 Å². The van der Waals surface area contributed by atoms with Crippen LogP contribution in [0.25, 0.3) is 0 Å². The highest BCUT2D eigenvalue weighted by molar-refractivity contribution is 6.04. The molecule has 4 heteroatoms. The molecular formula is C14H17NO3. The number of rotatable bonds is 4. The van der Waals surface area contributed by atoms with E-state index >= 15 is 0 Å². The van der Waals surface area contributed by atoms with Gasteiger partial charge in [-0.25, -0.2) is 4.79 Å². The van der Waals surface area contributed by atoms with Gasteiger partial charge >= 0.3 is 5.97 Å². The highest BCUT2D eigenvalue weighted by Crippen LogP contribution is 2.38. The number of benzene rings is 1. The number of carbonyl (C=O) groups excluding carboxylic acids is 1. The van der Waals surface area contributed by atoms with Crippen molar-refractivity contribution in [1.29, 1.82) is 0 Å². The summed E-state index contributed by atoms with van der Waals surface area (Å²) in [4.78, 5) is 24.9. The van der Waals surface area contributed by atoms with E-state index in [1.54, 1.807) is 30.1 Å². The van der Waals surface area contributed by atoms with Gasteiger partial charge in [-0.3, -0.25) is 4.79 Å². The molecule has 2 atom stereocenters. The normalized spacial score (nSPS) is 21.4. The molecule has 0 heterocycles. The Hall–Kier alpha value is -1.84. The zero-order valence-electron chi connectivity index (χ0n) is 10.6. The third-order valence-electron chi connectivity index (χ3n) is 3.52. The van der Waals surface area contributed by atoms with Crippen molar-refractivity contribution in [1.82, 2.24) is 4.90 Å². The van der Waals surface area contributed by atoms with Crippen molar-refractivity contribution in [3.8, 4) is 0 Å². The van der Waals surface area contributed by atoms with E-state index in [4.69, 9.17) is 5.11 Å². The van der Waals surface area contributed by atoms with E-state index in [-0.39, 0.29) is 17.0 Å². The Morgan fingerprint density at radius 2 is 1.89 bits per heavy atom. The summed E-state index contributed by atoms with van der Waals surface area (Å²) in [5.41, 5.74) is 0.332. The van der Waals surface area contributed by atoms with Crippen LogP contribution in [0.3, 0.4) is 0 Å². The number of aromatic carboxylic acids is 1. The van der Waals surface area contributed by atoms with Gasteiger partial charge in [0.25, 0.3) is 5.91 Å². The number of hydrogen-bond donors (Lipinski definition) is 1. The van der Waals surface area contributed by atoms with Crippen molar-refractivity contribution >= 4 is 11.9 Å². The number of carbonyl (C=O) groups is 2. The maximum Gasteiger partial charge on any atom is 0.336 e. The molecule has 1 N–H and O–H groups in total. The second kappa shape index (κ2) is 4.80. The average Bonchev–Trinajstić information content (AvgIpc) is 3.03. The van der Waals surface area contributed by atoms with Crippen LogP contribution in [-0.2, 0) is 0 Å². The molecule has 1 aliphatic carbocycles. The Morgan fingerprint density at radius 3 is 2.39 bits per heavy atom. The minimum absolute atomic E-state index is 0.0678. The van der Waals surface area contributed by atoms with Crippen LogP contribution < -0.4 is 0 Å². The van der Waals surface area contributed by atoms with Crippen LogP contribution in [0.15, 0.2) is 24.3 Å². The minimum Gasteiger partial charge on any atom is -0.478 e. The van der Waals surface area contributed by atoms with E-state index in [1.165, 1.54) is 6.07 Å². The molecule has 1 saturated carbocycles. The van der Waals surface area contributed by atoms with E-state index in [2.05, 4.69) is 6.92 Å². The van der Waals surface area contributed by atoms with Gasteiger partial charge in [0, 0.05) is 13.6 Å². The second-order valence-electron chi connectivity index (χ2n) is 5.01. The molecule has 2 unspecified atom stereocenters. The molecule has 1 aliphatic rings. The number of hydrogen-bond acceptors (Lipinski definition) is 2. The fourth-order valence-electron chi connectivity index (χ4n) is 2.15. The summed E-state index contributed by atoms with van der Waals surface area (Å²) < 4.78 is 0. The van der Waals surface area contributed by atoms with Crippen LogP contribution in [0.4, 0.5) is 0 Å². The predicted molar refractivity (Wildman–Crippen MR) is 67.6 cm³/mol. The Bertz CT molecular complexity index is 484. The molecule has 0 radical (unpaired) electrons. The molecule has 96 valence electrons. The van der Waals surface area contributed by atoms with Gasteiger partial charge in [0.2, 0.25) is 0 Å². The molecule has 0 aromatic heterocycles. The molecule has 0 spiro atoms. The van der Waals surface area contributed by atoms with Crippen LogP contribution >= 0.6 is 0 Å². The first kappa shape index (κ1) is 12.6. The van der Waals surface area contributed by atoms with Gasteiger partial charge in [0.05, 0.1) is 11.1 Å². The highest BCUT2D eigenvalue weighted by atomic mass is 16.4. The molecule has 1 fully saturated rings. The lowest BCUT2D eigenvalue weighted by Crippen LogP contribution is -2.30. The number of carboxylic acids is 1. The molecule has 0 bridgehead atoms. The van der Waals surface area contributed by atoms with Crippen LogP contribution in [0.2, 0.25) is 0 Å². The Labute approximate surface area is 106 Å². The number of carboxylic acid groups (broad SMARTS) is 1. The van der Waals surface area contributed by atoms with Crippen molar-refractivity contribution in [2.45, 2.75) is 13.3 Å². The van der Waals surface area contributed by atoms with Crippen LogP contribution in [-0.4, -0.2) is 35.5 Å². The maximum absolute atomic E-state index is 12.2. The van der Waals surface area contributed by atoms with Gasteiger partial charge in [-0.1, -0.05) is 19.1 Å².